The van der Waals surface area contributed by atoms with Crippen molar-refractivity contribution in [2.45, 2.75) is 63.8 Å². The number of pyridine rings is 1. The largest absolute Gasteiger partial charge is 0.373 e. The lowest BCUT2D eigenvalue weighted by Crippen LogP contribution is -2.47. The summed E-state index contributed by atoms with van der Waals surface area (Å²) in [5, 5.41) is 6.85. The van der Waals surface area contributed by atoms with Gasteiger partial charge in [0.2, 0.25) is 0 Å². The fraction of sp³-hybridized carbons (Fsp3) is 0.667. The minimum Gasteiger partial charge on any atom is -0.373 e. The van der Waals surface area contributed by atoms with Crippen LogP contribution in [0.2, 0.25) is 0 Å². The van der Waals surface area contributed by atoms with Crippen molar-refractivity contribution >= 4 is 29.9 Å². The summed E-state index contributed by atoms with van der Waals surface area (Å²) < 4.78 is 7.70. The number of nitrogens with zero attached hydrogens (tertiary/aromatic N) is 2. The van der Waals surface area contributed by atoms with Crippen LogP contribution in [-0.2, 0) is 11.3 Å². The Kier molecular flexibility index (Phi) is 7.74. The van der Waals surface area contributed by atoms with Crippen LogP contribution in [0.15, 0.2) is 28.0 Å². The number of fused-ring (bicyclic) bond motifs is 2. The lowest BCUT2D eigenvalue weighted by atomic mass is 9.96. The molecule has 6 nitrogen and oxygen atoms in total. The third kappa shape index (κ3) is 5.20. The Morgan fingerprint density at radius 2 is 2.20 bits per heavy atom. The number of hydrogen-bond acceptors (Lipinski definition) is 3. The number of unbranched alkanes of at least 4 members (excludes halogenated alkanes) is 1. The van der Waals surface area contributed by atoms with Gasteiger partial charge in [0.1, 0.15) is 0 Å². The summed E-state index contributed by atoms with van der Waals surface area (Å²) in [6.07, 6.45) is 6.19. The van der Waals surface area contributed by atoms with Gasteiger partial charge < -0.3 is 19.9 Å². The van der Waals surface area contributed by atoms with E-state index in [9.17, 15) is 4.79 Å². The van der Waals surface area contributed by atoms with E-state index in [-0.39, 0.29) is 29.5 Å². The molecule has 1 aromatic heterocycles. The molecule has 25 heavy (non-hydrogen) atoms. The van der Waals surface area contributed by atoms with Gasteiger partial charge >= 0.3 is 0 Å². The van der Waals surface area contributed by atoms with E-state index in [1.54, 1.807) is 13.1 Å². The fourth-order valence-corrected chi connectivity index (χ4v) is 3.67. The number of nitrogens with one attached hydrogen (secondary N) is 2. The zero-order valence-corrected chi connectivity index (χ0v) is 17.4. The Labute approximate surface area is 166 Å². The standard InChI is InChI=1S/C18H28N4O2.HI/c1-13-6-5-7-17(23)22(13)11-4-3-10-20-18(19-2)21-15-12-14-8-9-16(15)24-14;/h5-7,14-16H,3-4,8-12H2,1-2H3,(H2,19,20,21);1H. The Bertz CT molecular complexity index is 646. The van der Waals surface area contributed by atoms with Crippen LogP contribution in [0.1, 0.15) is 37.8 Å². The minimum atomic E-state index is 0. The minimum absolute atomic E-state index is 0. The molecule has 2 aliphatic rings. The second-order valence-corrected chi connectivity index (χ2v) is 6.72. The molecule has 0 amide bonds. The number of guanidine groups is 1. The number of hydrogen-bond donors (Lipinski definition) is 2. The summed E-state index contributed by atoms with van der Waals surface area (Å²) in [4.78, 5) is 16.1. The van der Waals surface area contributed by atoms with Crippen molar-refractivity contribution in [1.29, 1.82) is 0 Å². The first-order chi connectivity index (χ1) is 11.7. The SMILES string of the molecule is CN=C(NCCCCn1c(C)cccc1=O)NC1CC2CCC1O2.I. The molecule has 3 atom stereocenters. The van der Waals surface area contributed by atoms with Crippen LogP contribution in [0.4, 0.5) is 0 Å². The van der Waals surface area contributed by atoms with Gasteiger partial charge in [-0.25, -0.2) is 0 Å². The van der Waals surface area contributed by atoms with Gasteiger partial charge in [-0.2, -0.15) is 0 Å². The highest BCUT2D eigenvalue weighted by Crippen LogP contribution is 2.34. The maximum atomic E-state index is 11.8. The fourth-order valence-electron chi connectivity index (χ4n) is 3.67. The molecule has 2 fully saturated rings. The van der Waals surface area contributed by atoms with Crippen molar-refractivity contribution in [2.75, 3.05) is 13.6 Å². The third-order valence-electron chi connectivity index (χ3n) is 5.02. The van der Waals surface area contributed by atoms with Gasteiger partial charge in [0.15, 0.2) is 5.96 Å². The van der Waals surface area contributed by atoms with Gasteiger partial charge in [-0.15, -0.1) is 24.0 Å². The van der Waals surface area contributed by atoms with Gasteiger partial charge in [0.05, 0.1) is 18.2 Å². The highest BCUT2D eigenvalue weighted by Gasteiger charge is 2.41. The van der Waals surface area contributed by atoms with Gasteiger partial charge in [0.25, 0.3) is 5.56 Å². The van der Waals surface area contributed by atoms with E-state index in [2.05, 4.69) is 15.6 Å². The zero-order valence-electron chi connectivity index (χ0n) is 15.0. The summed E-state index contributed by atoms with van der Waals surface area (Å²) in [5.74, 6) is 0.851. The smallest absolute Gasteiger partial charge is 0.250 e. The monoisotopic (exact) mass is 460 g/mol. The molecule has 3 unspecified atom stereocenters. The average molecular weight is 460 g/mol. The first-order valence-corrected chi connectivity index (χ1v) is 8.96. The summed E-state index contributed by atoms with van der Waals surface area (Å²) in [6, 6.07) is 5.79. The molecule has 140 valence electrons. The van der Waals surface area contributed by atoms with Crippen molar-refractivity contribution < 1.29 is 4.74 Å². The summed E-state index contributed by atoms with van der Waals surface area (Å²) in [6.45, 7) is 3.59. The number of aromatic nitrogens is 1. The molecule has 2 N–H and O–H groups in total. The van der Waals surface area contributed by atoms with Crippen molar-refractivity contribution in [3.63, 3.8) is 0 Å². The van der Waals surface area contributed by atoms with E-state index in [0.29, 0.717) is 18.2 Å². The van der Waals surface area contributed by atoms with Crippen molar-refractivity contribution in [3.05, 3.63) is 34.2 Å². The van der Waals surface area contributed by atoms with E-state index in [1.807, 2.05) is 23.6 Å². The molecular formula is C18H29IN4O2. The lowest BCUT2D eigenvalue weighted by molar-refractivity contribution is 0.0992. The van der Waals surface area contributed by atoms with E-state index >= 15 is 0 Å². The van der Waals surface area contributed by atoms with Gasteiger partial charge in [0, 0.05) is 31.9 Å². The Morgan fingerprint density at radius 3 is 2.84 bits per heavy atom. The average Bonchev–Trinajstić information content (AvgIpc) is 3.18. The normalized spacial score (nSPS) is 24.9. The molecule has 0 saturated carbocycles. The number of rotatable bonds is 6. The van der Waals surface area contributed by atoms with Gasteiger partial charge in [-0.05, 0) is 45.1 Å². The lowest BCUT2D eigenvalue weighted by Gasteiger charge is -2.22. The number of halogens is 1. The van der Waals surface area contributed by atoms with Gasteiger partial charge in [-0.1, -0.05) is 6.07 Å². The topological polar surface area (TPSA) is 67.7 Å². The molecule has 3 rings (SSSR count). The Balaban J connectivity index is 0.00000225. The summed E-state index contributed by atoms with van der Waals surface area (Å²) in [7, 11) is 1.80. The quantitative estimate of drug-likeness (QED) is 0.295. The second-order valence-electron chi connectivity index (χ2n) is 6.72. The van der Waals surface area contributed by atoms with Gasteiger partial charge in [-0.3, -0.25) is 9.79 Å². The number of ether oxygens (including phenoxy) is 1. The molecule has 3 heterocycles. The van der Waals surface area contributed by atoms with Crippen LogP contribution in [-0.4, -0.2) is 42.4 Å². The van der Waals surface area contributed by atoms with Crippen LogP contribution in [0, 0.1) is 6.92 Å². The van der Waals surface area contributed by atoms with Crippen LogP contribution in [0.3, 0.4) is 0 Å². The predicted octanol–water partition coefficient (Wildman–Crippen LogP) is 2.04. The number of aliphatic imine (C=N–C) groups is 1. The van der Waals surface area contributed by atoms with Crippen LogP contribution < -0.4 is 16.2 Å². The van der Waals surface area contributed by atoms with E-state index in [4.69, 9.17) is 4.74 Å². The maximum Gasteiger partial charge on any atom is 0.250 e. The third-order valence-corrected chi connectivity index (χ3v) is 5.02. The summed E-state index contributed by atoms with van der Waals surface area (Å²) >= 11 is 0. The molecule has 0 aliphatic carbocycles. The zero-order chi connectivity index (χ0) is 16.9. The van der Waals surface area contributed by atoms with E-state index in [0.717, 1.165) is 50.4 Å². The Morgan fingerprint density at radius 1 is 1.36 bits per heavy atom. The number of aryl methyl sites for hydroxylation is 1. The molecule has 1 aromatic rings. The van der Waals surface area contributed by atoms with Crippen LogP contribution >= 0.6 is 24.0 Å². The molecule has 2 bridgehead atoms. The van der Waals surface area contributed by atoms with Crippen LogP contribution in [0.5, 0.6) is 0 Å². The molecule has 0 aromatic carbocycles. The molecule has 0 radical (unpaired) electrons. The summed E-state index contributed by atoms with van der Waals surface area (Å²) in [5.41, 5.74) is 1.10. The predicted molar refractivity (Wildman–Crippen MR) is 111 cm³/mol. The first kappa shape index (κ1) is 20.2. The molecule has 0 spiro atoms. The highest BCUT2D eigenvalue weighted by atomic mass is 127. The first-order valence-electron chi connectivity index (χ1n) is 8.96. The van der Waals surface area contributed by atoms with Crippen molar-refractivity contribution in [2.24, 2.45) is 4.99 Å². The second kappa shape index (κ2) is 9.56. The molecule has 2 aliphatic heterocycles. The van der Waals surface area contributed by atoms with Crippen molar-refractivity contribution in [3.8, 4) is 0 Å². The van der Waals surface area contributed by atoms with Crippen molar-refractivity contribution in [1.82, 2.24) is 15.2 Å². The molecule has 2 saturated heterocycles. The molecular weight excluding hydrogens is 431 g/mol. The maximum absolute atomic E-state index is 11.8. The Hall–Kier alpha value is -1.09. The van der Waals surface area contributed by atoms with E-state index in [1.165, 1.54) is 6.42 Å². The molecule has 7 heteroatoms. The van der Waals surface area contributed by atoms with E-state index < -0.39 is 0 Å². The van der Waals surface area contributed by atoms with Crippen LogP contribution in [0.25, 0.3) is 0 Å². The highest BCUT2D eigenvalue weighted by molar-refractivity contribution is 14.0.